The van der Waals surface area contributed by atoms with Crippen molar-refractivity contribution in [1.82, 2.24) is 29.6 Å². The molecule has 0 aliphatic rings. The average molecular weight is 357 g/mol. The summed E-state index contributed by atoms with van der Waals surface area (Å²) < 4.78 is 1.43. The molecule has 0 aliphatic carbocycles. The molecule has 4 aromatic rings. The predicted octanol–water partition coefficient (Wildman–Crippen LogP) is 1.12. The highest BCUT2D eigenvalue weighted by molar-refractivity contribution is 6.00. The van der Waals surface area contributed by atoms with Crippen LogP contribution < -0.4 is 11.2 Å². The molecule has 0 fully saturated rings. The number of nitrogen functional groups attached to an aromatic ring is 1. The maximum atomic E-state index is 12.6. The zero-order chi connectivity index (χ0) is 18.8. The van der Waals surface area contributed by atoms with Crippen LogP contribution in [-0.2, 0) is 0 Å². The predicted molar refractivity (Wildman–Crippen MR) is 95.6 cm³/mol. The summed E-state index contributed by atoms with van der Waals surface area (Å²) in [6, 6.07) is 8.78. The molecule has 0 saturated carbocycles. The van der Waals surface area contributed by atoms with E-state index >= 15 is 0 Å². The minimum atomic E-state index is -0.492. The minimum absolute atomic E-state index is 0.0230. The van der Waals surface area contributed by atoms with Gasteiger partial charge in [0.15, 0.2) is 11.5 Å². The van der Waals surface area contributed by atoms with Gasteiger partial charge in [-0.15, -0.1) is 0 Å². The van der Waals surface area contributed by atoms with Crippen molar-refractivity contribution in [2.75, 3.05) is 11.2 Å². The van der Waals surface area contributed by atoms with Crippen molar-refractivity contribution < 1.29 is 4.79 Å². The zero-order valence-electron chi connectivity index (χ0n) is 13.7. The van der Waals surface area contributed by atoms with Crippen molar-refractivity contribution in [1.29, 1.82) is 5.26 Å². The number of hydrogen-bond donors (Lipinski definition) is 2. The Morgan fingerprint density at radius 1 is 1.11 bits per heavy atom. The van der Waals surface area contributed by atoms with E-state index in [9.17, 15) is 4.79 Å². The first-order chi connectivity index (χ1) is 13.2. The van der Waals surface area contributed by atoms with Crippen LogP contribution in [0.1, 0.15) is 16.2 Å². The summed E-state index contributed by atoms with van der Waals surface area (Å²) in [6.07, 6.45) is 5.70. The van der Waals surface area contributed by atoms with Crippen molar-refractivity contribution in [3.63, 3.8) is 0 Å². The second-order valence-corrected chi connectivity index (χ2v) is 5.40. The van der Waals surface area contributed by atoms with Gasteiger partial charge in [0.1, 0.15) is 17.4 Å². The van der Waals surface area contributed by atoms with E-state index in [0.717, 1.165) is 0 Å². The van der Waals surface area contributed by atoms with E-state index in [4.69, 9.17) is 11.0 Å². The molecule has 0 aromatic carbocycles. The molecule has 4 rings (SSSR count). The van der Waals surface area contributed by atoms with E-state index in [1.165, 1.54) is 17.1 Å². The topological polar surface area (TPSA) is 148 Å². The largest absolute Gasteiger partial charge is 0.383 e. The lowest BCUT2D eigenvalue weighted by atomic mass is 10.2. The van der Waals surface area contributed by atoms with Crippen LogP contribution in [-0.4, -0.2) is 35.5 Å². The van der Waals surface area contributed by atoms with Crippen LogP contribution in [0.2, 0.25) is 0 Å². The van der Waals surface area contributed by atoms with Crippen molar-refractivity contribution in [3.05, 3.63) is 60.4 Å². The molecule has 10 heteroatoms. The molecule has 4 aromatic heterocycles. The minimum Gasteiger partial charge on any atom is -0.383 e. The number of anilines is 1. The number of aromatic nitrogens is 6. The second kappa shape index (κ2) is 6.49. The molecule has 0 spiro atoms. The Balaban J connectivity index is 1.80. The number of fused-ring (bicyclic) bond motifs is 1. The van der Waals surface area contributed by atoms with Crippen molar-refractivity contribution in [2.24, 2.45) is 0 Å². The quantitative estimate of drug-likeness (QED) is 0.554. The molecule has 0 bridgehead atoms. The van der Waals surface area contributed by atoms with Crippen LogP contribution in [0.3, 0.4) is 0 Å². The average Bonchev–Trinajstić information content (AvgIpc) is 3.06. The molecule has 27 heavy (non-hydrogen) atoms. The van der Waals surface area contributed by atoms with Gasteiger partial charge in [-0.2, -0.15) is 5.26 Å². The summed E-state index contributed by atoms with van der Waals surface area (Å²) in [5.41, 5.74) is 10.4. The van der Waals surface area contributed by atoms with Gasteiger partial charge in [0.2, 0.25) is 5.82 Å². The lowest BCUT2D eigenvalue weighted by Gasteiger charge is -2.11. The number of amides is 1. The van der Waals surface area contributed by atoms with Crippen LogP contribution in [0.15, 0.2) is 49.1 Å². The molecule has 130 valence electrons. The number of carbonyl (C=O) groups excluding carboxylic acids is 1. The Hall–Kier alpha value is -4.39. The number of imidazole rings is 1. The van der Waals surface area contributed by atoms with Gasteiger partial charge >= 0.3 is 0 Å². The summed E-state index contributed by atoms with van der Waals surface area (Å²) in [4.78, 5) is 33.1. The molecule has 3 N–H and O–H groups in total. The maximum absolute atomic E-state index is 12.6. The van der Waals surface area contributed by atoms with Crippen LogP contribution in [0, 0.1) is 11.3 Å². The van der Waals surface area contributed by atoms with E-state index in [1.807, 2.05) is 0 Å². The summed E-state index contributed by atoms with van der Waals surface area (Å²) in [6.45, 7) is 0. The maximum Gasteiger partial charge on any atom is 0.273 e. The molecular weight excluding hydrogens is 346 g/mol. The Morgan fingerprint density at radius 3 is 2.59 bits per heavy atom. The lowest BCUT2D eigenvalue weighted by Crippen LogP contribution is -2.24. The van der Waals surface area contributed by atoms with Gasteiger partial charge in [-0.25, -0.2) is 29.6 Å². The van der Waals surface area contributed by atoms with E-state index in [0.29, 0.717) is 22.6 Å². The van der Waals surface area contributed by atoms with Crippen LogP contribution >= 0.6 is 0 Å². The molecule has 0 unspecified atom stereocenters. The lowest BCUT2D eigenvalue weighted by molar-refractivity contribution is 0.101. The van der Waals surface area contributed by atoms with Gasteiger partial charge in [-0.1, -0.05) is 0 Å². The Morgan fingerprint density at radius 2 is 1.85 bits per heavy atom. The van der Waals surface area contributed by atoms with E-state index in [1.54, 1.807) is 42.7 Å². The molecule has 0 aliphatic heterocycles. The first-order valence-electron chi connectivity index (χ1n) is 7.75. The first kappa shape index (κ1) is 16.1. The zero-order valence-corrected chi connectivity index (χ0v) is 13.7. The highest BCUT2D eigenvalue weighted by Gasteiger charge is 2.18. The van der Waals surface area contributed by atoms with Gasteiger partial charge in [0, 0.05) is 24.8 Å². The fourth-order valence-electron chi connectivity index (χ4n) is 2.47. The molecule has 0 atom stereocenters. The fourth-order valence-corrected chi connectivity index (χ4v) is 2.47. The Labute approximate surface area is 152 Å². The Bertz CT molecular complexity index is 1190. The summed E-state index contributed by atoms with van der Waals surface area (Å²) in [5, 5.41) is 8.77. The monoisotopic (exact) mass is 357 g/mol. The van der Waals surface area contributed by atoms with Gasteiger partial charge in [0.05, 0.1) is 11.1 Å². The molecular formula is C17H11N9O. The number of nitriles is 1. The fraction of sp³-hybridized carbons (Fsp3) is 0. The van der Waals surface area contributed by atoms with E-state index in [2.05, 4.69) is 30.3 Å². The second-order valence-electron chi connectivity index (χ2n) is 5.40. The SMILES string of the molecule is N#Cc1ncc(C(=O)Nn2c(-c3cccnc3N)nc3cccnc32)cn1. The summed E-state index contributed by atoms with van der Waals surface area (Å²) in [7, 11) is 0. The van der Waals surface area contributed by atoms with Crippen molar-refractivity contribution in [3.8, 4) is 17.5 Å². The number of nitrogens with two attached hydrogens (primary N) is 1. The van der Waals surface area contributed by atoms with Crippen LogP contribution in [0.4, 0.5) is 5.82 Å². The van der Waals surface area contributed by atoms with E-state index in [-0.39, 0.29) is 17.2 Å². The third kappa shape index (κ3) is 2.89. The summed E-state index contributed by atoms with van der Waals surface area (Å²) in [5.74, 6) is 0.139. The first-order valence-corrected chi connectivity index (χ1v) is 7.75. The smallest absolute Gasteiger partial charge is 0.273 e. The van der Waals surface area contributed by atoms with Gasteiger partial charge in [-0.3, -0.25) is 10.2 Å². The number of carbonyl (C=O) groups is 1. The molecule has 0 radical (unpaired) electrons. The number of nitrogens with zero attached hydrogens (tertiary/aromatic N) is 7. The van der Waals surface area contributed by atoms with E-state index < -0.39 is 5.91 Å². The molecule has 0 saturated heterocycles. The third-order valence-corrected chi connectivity index (χ3v) is 3.72. The molecule has 1 amide bonds. The number of nitrogens with one attached hydrogen (secondary N) is 1. The molecule has 10 nitrogen and oxygen atoms in total. The highest BCUT2D eigenvalue weighted by Crippen LogP contribution is 2.25. The normalized spacial score (nSPS) is 10.5. The van der Waals surface area contributed by atoms with Crippen molar-refractivity contribution >= 4 is 22.9 Å². The van der Waals surface area contributed by atoms with Gasteiger partial charge < -0.3 is 5.73 Å². The highest BCUT2D eigenvalue weighted by atomic mass is 16.2. The van der Waals surface area contributed by atoms with Gasteiger partial charge in [-0.05, 0) is 24.3 Å². The summed E-state index contributed by atoms with van der Waals surface area (Å²) >= 11 is 0. The third-order valence-electron chi connectivity index (χ3n) is 3.72. The number of pyridine rings is 2. The number of rotatable bonds is 3. The van der Waals surface area contributed by atoms with Crippen LogP contribution in [0.5, 0.6) is 0 Å². The van der Waals surface area contributed by atoms with Crippen LogP contribution in [0.25, 0.3) is 22.6 Å². The standard InChI is InChI=1S/C17H11N9O/c18-7-13-22-8-10(9-23-13)17(27)25-26-15(11-3-1-5-20-14(11)19)24-12-4-2-6-21-16(12)26/h1-6,8-9H,(H2,19,20)(H,25,27). The molecule has 4 heterocycles. The number of hydrogen-bond acceptors (Lipinski definition) is 8. The van der Waals surface area contributed by atoms with Gasteiger partial charge in [0.25, 0.3) is 5.91 Å². The Kier molecular flexibility index (Phi) is 3.87. The van der Waals surface area contributed by atoms with Crippen molar-refractivity contribution in [2.45, 2.75) is 0 Å².